The first kappa shape index (κ1) is 38.3. The molecular weight excluding hydrogens is 789 g/mol. The summed E-state index contributed by atoms with van der Waals surface area (Å²) in [7, 11) is 0. The zero-order valence-electron chi connectivity index (χ0n) is 35.1. The van der Waals surface area contributed by atoms with Crippen molar-refractivity contribution in [3.63, 3.8) is 0 Å². The van der Waals surface area contributed by atoms with Crippen LogP contribution in [0.15, 0.2) is 194 Å². The lowest BCUT2D eigenvalue weighted by Gasteiger charge is -2.12. The number of benzene rings is 8. The van der Waals surface area contributed by atoms with Gasteiger partial charge in [0.05, 0.1) is 44.6 Å². The van der Waals surface area contributed by atoms with E-state index in [2.05, 4.69) is 126 Å². The van der Waals surface area contributed by atoms with Crippen LogP contribution in [0.25, 0.3) is 101 Å². The van der Waals surface area contributed by atoms with Crippen molar-refractivity contribution in [2.75, 3.05) is 0 Å². The lowest BCUT2D eigenvalue weighted by molar-refractivity contribution is 0.476. The molecule has 0 saturated heterocycles. The van der Waals surface area contributed by atoms with E-state index >= 15 is 0 Å². The molecule has 306 valence electrons. The zero-order valence-corrected chi connectivity index (χ0v) is 35.1. The van der Waals surface area contributed by atoms with Crippen LogP contribution in [0.3, 0.4) is 0 Å². The highest BCUT2D eigenvalue weighted by Gasteiger charge is 2.22. The standard InChI is InChI=1S/C56H40N6O2/c1-35-27-37(43-21-13-23-49-53(43)59-55(45-19-9-11-25-51(45)63)61(49)41-15-5-3-6-16-41)31-39(29-35)47-33-48(58-34-57-47)40-30-36(2)28-38(32-40)44-22-14-24-50-54(44)60-56(46-20-10-12-26-52(46)64)62(50)42-17-7-4-8-18-42/h3-34,63-64H,1-2H3. The maximum atomic E-state index is 11.0. The van der Waals surface area contributed by atoms with Crippen LogP contribution >= 0.6 is 0 Å². The summed E-state index contributed by atoms with van der Waals surface area (Å²) in [6.07, 6.45) is 1.64. The van der Waals surface area contributed by atoms with Crippen LogP contribution in [0.1, 0.15) is 11.1 Å². The number of aromatic hydroxyl groups is 2. The molecular formula is C56H40N6O2. The predicted octanol–water partition coefficient (Wildman–Crippen LogP) is 13.2. The maximum Gasteiger partial charge on any atom is 0.149 e. The Balaban J connectivity index is 1.01. The number of hydrogen-bond acceptors (Lipinski definition) is 6. The van der Waals surface area contributed by atoms with E-state index in [0.717, 1.165) is 89.3 Å². The molecule has 0 bridgehead atoms. The summed E-state index contributed by atoms with van der Waals surface area (Å²) in [4.78, 5) is 20.1. The fraction of sp³-hybridized carbons (Fsp3) is 0.0357. The number of phenolic OH excluding ortho intramolecular Hbond substituents is 2. The molecule has 8 heteroatoms. The van der Waals surface area contributed by atoms with Gasteiger partial charge in [0.2, 0.25) is 0 Å². The molecule has 0 radical (unpaired) electrons. The SMILES string of the molecule is Cc1cc(-c2cc(-c3cc(C)cc(-c4cccc5c4nc(-c4ccccc4O)n5-c4ccccc4)c3)ncn2)cc(-c2cccc3c2nc(-c2ccccc2O)n3-c2ccccc2)c1. The van der Waals surface area contributed by atoms with Gasteiger partial charge in [-0.05, 0) is 127 Å². The molecule has 0 aliphatic heterocycles. The minimum atomic E-state index is 0.170. The Morgan fingerprint density at radius 3 is 1.20 bits per heavy atom. The molecule has 64 heavy (non-hydrogen) atoms. The number of nitrogens with zero attached hydrogens (tertiary/aromatic N) is 6. The molecule has 0 unspecified atom stereocenters. The summed E-state index contributed by atoms with van der Waals surface area (Å²) >= 11 is 0. The first-order chi connectivity index (χ1) is 31.4. The van der Waals surface area contributed by atoms with Gasteiger partial charge in [-0.2, -0.15) is 0 Å². The Morgan fingerprint density at radius 1 is 0.375 bits per heavy atom. The van der Waals surface area contributed by atoms with Crippen molar-refractivity contribution in [3.05, 3.63) is 206 Å². The van der Waals surface area contributed by atoms with Crippen molar-refractivity contribution in [1.29, 1.82) is 0 Å². The monoisotopic (exact) mass is 828 g/mol. The summed E-state index contributed by atoms with van der Waals surface area (Å²) in [5.41, 5.74) is 16.4. The van der Waals surface area contributed by atoms with Crippen LogP contribution in [-0.2, 0) is 0 Å². The number of phenols is 2. The average Bonchev–Trinajstić information content (AvgIpc) is 3.92. The molecule has 0 atom stereocenters. The molecule has 0 aliphatic carbocycles. The van der Waals surface area contributed by atoms with Gasteiger partial charge in [0.25, 0.3) is 0 Å². The van der Waals surface area contributed by atoms with Gasteiger partial charge >= 0.3 is 0 Å². The minimum absolute atomic E-state index is 0.170. The molecule has 0 fully saturated rings. The lowest BCUT2D eigenvalue weighted by atomic mass is 9.96. The third-order valence-corrected chi connectivity index (χ3v) is 11.7. The van der Waals surface area contributed by atoms with Gasteiger partial charge in [-0.3, -0.25) is 9.13 Å². The minimum Gasteiger partial charge on any atom is -0.507 e. The first-order valence-corrected chi connectivity index (χ1v) is 21.2. The van der Waals surface area contributed by atoms with Crippen LogP contribution in [0.2, 0.25) is 0 Å². The van der Waals surface area contributed by atoms with E-state index in [1.807, 2.05) is 72.8 Å². The molecule has 2 N–H and O–H groups in total. The summed E-state index contributed by atoms with van der Waals surface area (Å²) in [5.74, 6) is 1.66. The number of rotatable bonds is 8. The molecule has 3 aromatic heterocycles. The number of hydrogen-bond donors (Lipinski definition) is 2. The van der Waals surface area contributed by atoms with E-state index in [0.29, 0.717) is 22.8 Å². The van der Waals surface area contributed by atoms with E-state index in [9.17, 15) is 10.2 Å². The second-order valence-electron chi connectivity index (χ2n) is 16.1. The Labute approximate surface area is 369 Å². The van der Waals surface area contributed by atoms with E-state index < -0.39 is 0 Å². The Bertz CT molecular complexity index is 3330. The van der Waals surface area contributed by atoms with Crippen molar-refractivity contribution < 1.29 is 10.2 Å². The summed E-state index contributed by atoms with van der Waals surface area (Å²) < 4.78 is 4.22. The molecule has 0 spiro atoms. The van der Waals surface area contributed by atoms with Crippen molar-refractivity contribution in [2.45, 2.75) is 13.8 Å². The smallest absolute Gasteiger partial charge is 0.149 e. The van der Waals surface area contributed by atoms with E-state index in [1.165, 1.54) is 0 Å². The quantitative estimate of drug-likeness (QED) is 0.158. The number of para-hydroxylation sites is 6. The summed E-state index contributed by atoms with van der Waals surface area (Å²) in [6.45, 7) is 4.20. The second-order valence-corrected chi connectivity index (χ2v) is 16.1. The molecule has 8 aromatic carbocycles. The third-order valence-electron chi connectivity index (χ3n) is 11.7. The predicted molar refractivity (Wildman–Crippen MR) is 257 cm³/mol. The molecule has 11 rings (SSSR count). The Morgan fingerprint density at radius 2 is 0.766 bits per heavy atom. The van der Waals surface area contributed by atoms with E-state index in [-0.39, 0.29) is 11.5 Å². The number of aryl methyl sites for hydroxylation is 2. The van der Waals surface area contributed by atoms with E-state index in [1.54, 1.807) is 18.5 Å². The zero-order chi connectivity index (χ0) is 43.3. The Kier molecular flexibility index (Phi) is 9.39. The molecule has 0 saturated carbocycles. The maximum absolute atomic E-state index is 11.0. The summed E-state index contributed by atoms with van der Waals surface area (Å²) in [6, 6.07) is 62.5. The normalized spacial score (nSPS) is 11.4. The fourth-order valence-corrected chi connectivity index (χ4v) is 8.87. The van der Waals surface area contributed by atoms with Gasteiger partial charge in [-0.15, -0.1) is 0 Å². The molecule has 3 heterocycles. The highest BCUT2D eigenvalue weighted by molar-refractivity contribution is 5.98. The first-order valence-electron chi connectivity index (χ1n) is 21.2. The van der Waals surface area contributed by atoms with Crippen molar-refractivity contribution in [1.82, 2.24) is 29.1 Å². The number of fused-ring (bicyclic) bond motifs is 2. The van der Waals surface area contributed by atoms with Crippen molar-refractivity contribution >= 4 is 22.1 Å². The number of imidazole rings is 2. The van der Waals surface area contributed by atoms with Crippen LogP contribution in [0.4, 0.5) is 0 Å². The highest BCUT2D eigenvalue weighted by Crippen LogP contribution is 2.41. The van der Waals surface area contributed by atoms with Crippen LogP contribution < -0.4 is 0 Å². The van der Waals surface area contributed by atoms with Gasteiger partial charge in [0, 0.05) is 33.6 Å². The fourth-order valence-electron chi connectivity index (χ4n) is 8.87. The van der Waals surface area contributed by atoms with Gasteiger partial charge in [0.15, 0.2) is 0 Å². The lowest BCUT2D eigenvalue weighted by Crippen LogP contribution is -1.97. The van der Waals surface area contributed by atoms with Gasteiger partial charge in [-0.25, -0.2) is 19.9 Å². The second kappa shape index (κ2) is 15.7. The van der Waals surface area contributed by atoms with Gasteiger partial charge in [-0.1, -0.05) is 97.1 Å². The third kappa shape index (κ3) is 6.74. The number of aromatic nitrogens is 6. The van der Waals surface area contributed by atoms with Gasteiger partial charge in [0.1, 0.15) is 29.5 Å². The van der Waals surface area contributed by atoms with Gasteiger partial charge < -0.3 is 10.2 Å². The Hall–Kier alpha value is -8.62. The van der Waals surface area contributed by atoms with Crippen molar-refractivity contribution in [2.24, 2.45) is 0 Å². The molecule has 0 aliphatic rings. The van der Waals surface area contributed by atoms with Crippen LogP contribution in [0, 0.1) is 13.8 Å². The summed E-state index contributed by atoms with van der Waals surface area (Å²) in [5, 5.41) is 22.0. The molecule has 8 nitrogen and oxygen atoms in total. The van der Waals surface area contributed by atoms with Crippen molar-refractivity contribution in [3.8, 4) is 90.4 Å². The topological polar surface area (TPSA) is 102 Å². The van der Waals surface area contributed by atoms with E-state index in [4.69, 9.17) is 19.9 Å². The van der Waals surface area contributed by atoms with Crippen LogP contribution in [-0.4, -0.2) is 39.3 Å². The molecule has 11 aromatic rings. The van der Waals surface area contributed by atoms with Crippen LogP contribution in [0.5, 0.6) is 11.5 Å². The molecule has 0 amide bonds. The average molecular weight is 829 g/mol. The largest absolute Gasteiger partial charge is 0.507 e. The highest BCUT2D eigenvalue weighted by atomic mass is 16.3.